The zero-order valence-electron chi connectivity index (χ0n) is 8.07. The van der Waals surface area contributed by atoms with Crippen molar-refractivity contribution in [1.82, 2.24) is 19.7 Å². The van der Waals surface area contributed by atoms with Gasteiger partial charge in [-0.2, -0.15) is 5.10 Å². The van der Waals surface area contributed by atoms with E-state index in [1.807, 2.05) is 24.0 Å². The maximum Gasteiger partial charge on any atom is 0.200 e. The van der Waals surface area contributed by atoms with Gasteiger partial charge in [-0.15, -0.1) is 0 Å². The van der Waals surface area contributed by atoms with Crippen LogP contribution in [-0.4, -0.2) is 26.3 Å². The molecule has 0 radical (unpaired) electrons. The van der Waals surface area contributed by atoms with Crippen molar-refractivity contribution in [2.24, 2.45) is 7.05 Å². The minimum absolute atomic E-state index is 0.812. The summed E-state index contributed by atoms with van der Waals surface area (Å²) in [5.41, 5.74) is 1.21. The highest BCUT2D eigenvalue weighted by molar-refractivity contribution is 5.22. The molecule has 5 heteroatoms. The Hall–Kier alpha value is -1.78. The van der Waals surface area contributed by atoms with E-state index in [0.29, 0.717) is 0 Å². The zero-order valence-corrected chi connectivity index (χ0v) is 8.07. The lowest BCUT2D eigenvalue weighted by atomic mass is 10.3. The summed E-state index contributed by atoms with van der Waals surface area (Å²) in [6.07, 6.45) is 6.28. The molecule has 2 rings (SSSR count). The second-order valence-corrected chi connectivity index (χ2v) is 3.06. The van der Waals surface area contributed by atoms with E-state index >= 15 is 0 Å². The van der Waals surface area contributed by atoms with Gasteiger partial charge in [0.15, 0.2) is 5.95 Å². The van der Waals surface area contributed by atoms with Crippen LogP contribution in [0.3, 0.4) is 0 Å². The molecule has 0 aliphatic heterocycles. The minimum atomic E-state index is 0.812. The SMILES string of the molecule is Cn1nccc1CCNc1ncc[nH]1. The molecule has 0 saturated carbocycles. The van der Waals surface area contributed by atoms with Gasteiger partial charge in [-0.05, 0) is 6.07 Å². The lowest BCUT2D eigenvalue weighted by molar-refractivity contribution is 0.710. The van der Waals surface area contributed by atoms with Gasteiger partial charge in [0, 0.05) is 44.3 Å². The quantitative estimate of drug-likeness (QED) is 0.751. The van der Waals surface area contributed by atoms with Crippen LogP contribution in [0.4, 0.5) is 5.95 Å². The molecule has 0 bridgehead atoms. The summed E-state index contributed by atoms with van der Waals surface area (Å²) in [5.74, 6) is 0.812. The maximum atomic E-state index is 4.10. The maximum absolute atomic E-state index is 4.10. The van der Waals surface area contributed by atoms with Crippen LogP contribution >= 0.6 is 0 Å². The summed E-state index contributed by atoms with van der Waals surface area (Å²) in [7, 11) is 1.95. The van der Waals surface area contributed by atoms with Gasteiger partial charge in [0.1, 0.15) is 0 Å². The van der Waals surface area contributed by atoms with Gasteiger partial charge in [0.25, 0.3) is 0 Å². The van der Waals surface area contributed by atoms with E-state index in [1.54, 1.807) is 12.4 Å². The third-order valence-electron chi connectivity index (χ3n) is 2.09. The number of hydrogen-bond acceptors (Lipinski definition) is 3. The predicted octanol–water partition coefficient (Wildman–Crippen LogP) is 0.798. The molecular weight excluding hydrogens is 178 g/mol. The van der Waals surface area contributed by atoms with Crippen molar-refractivity contribution < 1.29 is 0 Å². The lowest BCUT2D eigenvalue weighted by Gasteiger charge is -2.02. The summed E-state index contributed by atoms with van der Waals surface area (Å²) in [5, 5.41) is 7.28. The molecule has 0 unspecified atom stereocenters. The Morgan fingerprint density at radius 2 is 2.43 bits per heavy atom. The summed E-state index contributed by atoms with van der Waals surface area (Å²) in [6, 6.07) is 2.02. The van der Waals surface area contributed by atoms with Crippen LogP contribution in [0.25, 0.3) is 0 Å². The van der Waals surface area contributed by atoms with Crippen LogP contribution in [0.1, 0.15) is 5.69 Å². The fourth-order valence-corrected chi connectivity index (χ4v) is 1.32. The highest BCUT2D eigenvalue weighted by Crippen LogP contribution is 1.99. The molecule has 2 aromatic rings. The van der Waals surface area contributed by atoms with Crippen molar-refractivity contribution in [1.29, 1.82) is 0 Å². The van der Waals surface area contributed by atoms with Gasteiger partial charge in [0.2, 0.25) is 0 Å². The molecule has 0 saturated heterocycles. The number of nitrogens with zero attached hydrogens (tertiary/aromatic N) is 3. The molecule has 2 N–H and O–H groups in total. The Morgan fingerprint density at radius 1 is 1.50 bits per heavy atom. The van der Waals surface area contributed by atoms with E-state index in [2.05, 4.69) is 20.4 Å². The molecular formula is C9H13N5. The number of aromatic amines is 1. The Labute approximate surface area is 82.2 Å². The van der Waals surface area contributed by atoms with Crippen LogP contribution < -0.4 is 5.32 Å². The lowest BCUT2D eigenvalue weighted by Crippen LogP contribution is -2.09. The Bertz CT molecular complexity index is 376. The van der Waals surface area contributed by atoms with Crippen LogP contribution in [0.2, 0.25) is 0 Å². The fourth-order valence-electron chi connectivity index (χ4n) is 1.32. The van der Waals surface area contributed by atoms with Gasteiger partial charge >= 0.3 is 0 Å². The minimum Gasteiger partial charge on any atom is -0.355 e. The first kappa shape index (κ1) is 8.80. The molecule has 5 nitrogen and oxygen atoms in total. The van der Waals surface area contributed by atoms with Crippen molar-refractivity contribution in [3.63, 3.8) is 0 Å². The fraction of sp³-hybridized carbons (Fsp3) is 0.333. The van der Waals surface area contributed by atoms with E-state index in [-0.39, 0.29) is 0 Å². The van der Waals surface area contributed by atoms with Gasteiger partial charge in [-0.1, -0.05) is 0 Å². The largest absolute Gasteiger partial charge is 0.355 e. The van der Waals surface area contributed by atoms with Crippen molar-refractivity contribution in [2.75, 3.05) is 11.9 Å². The zero-order chi connectivity index (χ0) is 9.80. The Morgan fingerprint density at radius 3 is 3.07 bits per heavy atom. The topological polar surface area (TPSA) is 58.5 Å². The van der Waals surface area contributed by atoms with Crippen LogP contribution in [0, 0.1) is 0 Å². The number of aromatic nitrogens is 4. The van der Waals surface area contributed by atoms with E-state index in [9.17, 15) is 0 Å². The van der Waals surface area contributed by atoms with Crippen molar-refractivity contribution in [3.8, 4) is 0 Å². The molecule has 0 spiro atoms. The Kier molecular flexibility index (Phi) is 2.48. The van der Waals surface area contributed by atoms with Gasteiger partial charge in [-0.25, -0.2) is 4.98 Å². The second-order valence-electron chi connectivity index (χ2n) is 3.06. The number of imidazole rings is 1. The second kappa shape index (κ2) is 3.95. The van der Waals surface area contributed by atoms with Crippen molar-refractivity contribution in [3.05, 3.63) is 30.4 Å². The molecule has 0 aliphatic rings. The van der Waals surface area contributed by atoms with Gasteiger partial charge in [0.05, 0.1) is 0 Å². The van der Waals surface area contributed by atoms with E-state index < -0.39 is 0 Å². The van der Waals surface area contributed by atoms with E-state index in [1.165, 1.54) is 5.69 Å². The van der Waals surface area contributed by atoms with Crippen LogP contribution in [0.15, 0.2) is 24.7 Å². The molecule has 0 aromatic carbocycles. The number of H-pyrrole nitrogens is 1. The number of nitrogens with one attached hydrogen (secondary N) is 2. The molecule has 0 fully saturated rings. The van der Waals surface area contributed by atoms with E-state index in [0.717, 1.165) is 18.9 Å². The average molecular weight is 191 g/mol. The monoisotopic (exact) mass is 191 g/mol. The number of anilines is 1. The summed E-state index contributed by atoms with van der Waals surface area (Å²) >= 11 is 0. The molecule has 2 aromatic heterocycles. The first-order valence-electron chi connectivity index (χ1n) is 4.56. The number of aryl methyl sites for hydroxylation is 1. The highest BCUT2D eigenvalue weighted by atomic mass is 15.3. The first-order chi connectivity index (χ1) is 6.86. The third-order valence-corrected chi connectivity index (χ3v) is 2.09. The average Bonchev–Trinajstić information content (AvgIpc) is 2.78. The van der Waals surface area contributed by atoms with E-state index in [4.69, 9.17) is 0 Å². The first-order valence-corrected chi connectivity index (χ1v) is 4.56. The molecule has 2 heterocycles. The smallest absolute Gasteiger partial charge is 0.200 e. The normalized spacial score (nSPS) is 10.4. The van der Waals surface area contributed by atoms with Crippen molar-refractivity contribution in [2.45, 2.75) is 6.42 Å². The molecule has 0 atom stereocenters. The predicted molar refractivity (Wildman–Crippen MR) is 54.0 cm³/mol. The van der Waals surface area contributed by atoms with Crippen LogP contribution in [-0.2, 0) is 13.5 Å². The summed E-state index contributed by atoms with van der Waals surface area (Å²) in [4.78, 5) is 7.06. The van der Waals surface area contributed by atoms with Crippen LogP contribution in [0.5, 0.6) is 0 Å². The molecule has 0 aliphatic carbocycles. The molecule has 0 amide bonds. The van der Waals surface area contributed by atoms with Gasteiger partial charge < -0.3 is 10.3 Å². The van der Waals surface area contributed by atoms with Crippen molar-refractivity contribution >= 4 is 5.95 Å². The molecule has 14 heavy (non-hydrogen) atoms. The third kappa shape index (κ3) is 1.93. The summed E-state index contributed by atoms with van der Waals surface area (Å²) in [6.45, 7) is 0.854. The standard InChI is InChI=1S/C9H13N5/c1-14-8(3-5-13-14)2-4-10-9-11-6-7-12-9/h3,5-7H,2,4H2,1H3,(H2,10,11,12). The Balaban J connectivity index is 1.81. The summed E-state index contributed by atoms with van der Waals surface area (Å²) < 4.78 is 1.88. The highest BCUT2D eigenvalue weighted by Gasteiger charge is 1.98. The molecule has 74 valence electrons. The van der Waals surface area contributed by atoms with Gasteiger partial charge in [-0.3, -0.25) is 4.68 Å². The number of hydrogen-bond donors (Lipinski definition) is 2. The number of rotatable bonds is 4.